The number of sulfonamides is 1. The normalized spacial score (nSPS) is 11.0. The zero-order valence-corrected chi connectivity index (χ0v) is 17.8. The molecule has 4 rings (SSSR count). The van der Waals surface area contributed by atoms with Crippen molar-refractivity contribution < 1.29 is 22.7 Å². The monoisotopic (exact) mass is 463 g/mol. The zero-order valence-electron chi connectivity index (χ0n) is 17.0. The molecule has 2 N–H and O–H groups in total. The Kier molecular flexibility index (Phi) is 6.22. The average molecular weight is 463 g/mol. The van der Waals surface area contributed by atoms with Gasteiger partial charge in [-0.3, -0.25) is 14.5 Å². The number of aromatic nitrogens is 3. The van der Waals surface area contributed by atoms with Crippen molar-refractivity contribution >= 4 is 44.4 Å². The summed E-state index contributed by atoms with van der Waals surface area (Å²) in [5, 5.41) is 2.53. The van der Waals surface area contributed by atoms with Gasteiger partial charge >= 0.3 is 5.97 Å². The largest absolute Gasteiger partial charge is 0.451 e. The second kappa shape index (κ2) is 9.40. The molecule has 0 saturated carbocycles. The number of carbonyl (C=O) groups is 2. The predicted octanol–water partition coefficient (Wildman–Crippen LogP) is 2.62. The lowest BCUT2D eigenvalue weighted by Gasteiger charge is -2.09. The van der Waals surface area contributed by atoms with Crippen LogP contribution in [0.25, 0.3) is 11.0 Å². The number of nitrogens with zero attached hydrogens (tertiary/aromatic N) is 3. The van der Waals surface area contributed by atoms with E-state index in [1.165, 1.54) is 42.7 Å². The molecule has 11 heteroatoms. The van der Waals surface area contributed by atoms with Crippen molar-refractivity contribution in [2.75, 3.05) is 16.6 Å². The molecule has 1 amide bonds. The molecule has 10 nitrogen and oxygen atoms in total. The minimum absolute atomic E-state index is 0.00698. The van der Waals surface area contributed by atoms with Crippen LogP contribution >= 0.6 is 0 Å². The van der Waals surface area contributed by atoms with Gasteiger partial charge in [-0.05, 0) is 48.5 Å². The third kappa shape index (κ3) is 5.46. The smallest absolute Gasteiger partial charge is 0.359 e. The van der Waals surface area contributed by atoms with Crippen molar-refractivity contribution in [3.63, 3.8) is 0 Å². The Bertz CT molecular complexity index is 1410. The number of anilines is 2. The molecule has 33 heavy (non-hydrogen) atoms. The van der Waals surface area contributed by atoms with Gasteiger partial charge < -0.3 is 10.1 Å². The number of fused-ring (bicyclic) bond motifs is 1. The summed E-state index contributed by atoms with van der Waals surface area (Å²) in [5.41, 5.74) is 1.48. The first-order chi connectivity index (χ1) is 15.9. The van der Waals surface area contributed by atoms with Crippen LogP contribution in [-0.4, -0.2) is 41.9 Å². The number of nitrogens with one attached hydrogen (secondary N) is 2. The minimum atomic E-state index is -3.83. The molecular weight excluding hydrogens is 446 g/mol. The molecule has 4 aromatic rings. The second-order valence-corrected chi connectivity index (χ2v) is 8.40. The number of carbonyl (C=O) groups excluding carboxylic acids is 2. The molecule has 0 aliphatic carbocycles. The Morgan fingerprint density at radius 3 is 2.33 bits per heavy atom. The number of pyridine rings is 1. The fourth-order valence-corrected chi connectivity index (χ4v) is 3.80. The van der Waals surface area contributed by atoms with Gasteiger partial charge in [0.2, 0.25) is 0 Å². The number of esters is 1. The molecule has 2 aromatic carbocycles. The first kappa shape index (κ1) is 21.8. The SMILES string of the molecule is O=C(COC(=O)c1cnc2ccccc2n1)Nc1ccc(S(=O)(=O)Nc2ccccn2)cc1. The van der Waals surface area contributed by atoms with Gasteiger partial charge in [0.25, 0.3) is 15.9 Å². The van der Waals surface area contributed by atoms with E-state index in [1.807, 2.05) is 0 Å². The Labute approximate surface area is 188 Å². The van der Waals surface area contributed by atoms with E-state index < -0.39 is 28.5 Å². The van der Waals surface area contributed by atoms with Crippen molar-refractivity contribution in [1.82, 2.24) is 15.0 Å². The van der Waals surface area contributed by atoms with Gasteiger partial charge in [-0.2, -0.15) is 0 Å². The summed E-state index contributed by atoms with van der Waals surface area (Å²) >= 11 is 0. The standard InChI is InChI=1S/C22H17N5O5S/c28-21(14-32-22(29)19-13-24-17-5-1-2-6-18(17)26-19)25-15-8-10-16(11-9-15)33(30,31)27-20-7-3-4-12-23-20/h1-13H,14H2,(H,23,27)(H,25,28). The highest BCUT2D eigenvalue weighted by atomic mass is 32.2. The molecule has 0 saturated heterocycles. The van der Waals surface area contributed by atoms with Crippen molar-refractivity contribution in [1.29, 1.82) is 0 Å². The summed E-state index contributed by atoms with van der Waals surface area (Å²) in [7, 11) is -3.83. The van der Waals surface area contributed by atoms with Crippen molar-refractivity contribution in [2.45, 2.75) is 4.90 Å². The number of hydrogen-bond acceptors (Lipinski definition) is 8. The van der Waals surface area contributed by atoms with Gasteiger partial charge in [-0.1, -0.05) is 18.2 Å². The van der Waals surface area contributed by atoms with Gasteiger partial charge in [-0.15, -0.1) is 0 Å². The molecule has 0 unspecified atom stereocenters. The van der Waals surface area contributed by atoms with E-state index in [1.54, 1.807) is 36.4 Å². The molecule has 0 atom stereocenters. The van der Waals surface area contributed by atoms with Crippen molar-refractivity contribution in [2.24, 2.45) is 0 Å². The van der Waals surface area contributed by atoms with Gasteiger partial charge in [-0.25, -0.2) is 23.2 Å². The van der Waals surface area contributed by atoms with Crippen LogP contribution < -0.4 is 10.0 Å². The number of rotatable bonds is 7. The Hall–Kier alpha value is -4.38. The van der Waals surface area contributed by atoms with E-state index >= 15 is 0 Å². The summed E-state index contributed by atoms with van der Waals surface area (Å²) in [4.78, 5) is 36.5. The first-order valence-electron chi connectivity index (χ1n) is 9.63. The van der Waals surface area contributed by atoms with Gasteiger partial charge in [0.1, 0.15) is 5.82 Å². The number of benzene rings is 2. The van der Waals surface area contributed by atoms with E-state index in [0.29, 0.717) is 16.7 Å². The maximum Gasteiger partial charge on any atom is 0.359 e. The van der Waals surface area contributed by atoms with E-state index in [0.717, 1.165) is 0 Å². The van der Waals surface area contributed by atoms with Crippen LogP contribution in [0, 0.1) is 0 Å². The fraction of sp³-hybridized carbons (Fsp3) is 0.0455. The number of amides is 1. The Morgan fingerprint density at radius 1 is 0.879 bits per heavy atom. The van der Waals surface area contributed by atoms with Crippen LogP contribution in [0.2, 0.25) is 0 Å². The summed E-state index contributed by atoms with van der Waals surface area (Å²) in [6.45, 7) is -0.547. The molecule has 2 aromatic heterocycles. The lowest BCUT2D eigenvalue weighted by molar-refractivity contribution is -0.119. The van der Waals surface area contributed by atoms with E-state index in [2.05, 4.69) is 25.0 Å². The molecular formula is C22H17N5O5S. The summed E-state index contributed by atoms with van der Waals surface area (Å²) in [6.07, 6.45) is 2.75. The predicted molar refractivity (Wildman–Crippen MR) is 120 cm³/mol. The third-order valence-corrected chi connectivity index (χ3v) is 5.71. The Balaban J connectivity index is 1.33. The minimum Gasteiger partial charge on any atom is -0.451 e. The lowest BCUT2D eigenvalue weighted by Crippen LogP contribution is -2.21. The molecule has 0 bridgehead atoms. The van der Waals surface area contributed by atoms with E-state index in [9.17, 15) is 18.0 Å². The summed E-state index contributed by atoms with van der Waals surface area (Å²) < 4.78 is 32.2. The van der Waals surface area contributed by atoms with Crippen molar-refractivity contribution in [3.8, 4) is 0 Å². The van der Waals surface area contributed by atoms with Crippen LogP contribution in [-0.2, 0) is 19.6 Å². The average Bonchev–Trinajstić information content (AvgIpc) is 2.83. The highest BCUT2D eigenvalue weighted by Crippen LogP contribution is 2.17. The van der Waals surface area contributed by atoms with Crippen LogP contribution in [0.5, 0.6) is 0 Å². The second-order valence-electron chi connectivity index (χ2n) is 6.71. The van der Waals surface area contributed by atoms with E-state index in [4.69, 9.17) is 4.74 Å². The number of ether oxygens (including phenoxy) is 1. The molecule has 0 aliphatic rings. The maximum absolute atomic E-state index is 12.4. The number of hydrogen-bond donors (Lipinski definition) is 2. The molecule has 0 spiro atoms. The van der Waals surface area contributed by atoms with Crippen LogP contribution in [0.3, 0.4) is 0 Å². The number of para-hydroxylation sites is 2. The molecule has 0 radical (unpaired) electrons. The molecule has 2 heterocycles. The molecule has 0 aliphatic heterocycles. The van der Waals surface area contributed by atoms with Crippen LogP contribution in [0.4, 0.5) is 11.5 Å². The van der Waals surface area contributed by atoms with Gasteiger partial charge in [0, 0.05) is 11.9 Å². The maximum atomic E-state index is 12.4. The first-order valence-corrected chi connectivity index (χ1v) is 11.1. The highest BCUT2D eigenvalue weighted by Gasteiger charge is 2.16. The zero-order chi connectivity index (χ0) is 23.3. The topological polar surface area (TPSA) is 140 Å². The van der Waals surface area contributed by atoms with E-state index in [-0.39, 0.29) is 16.4 Å². The fourth-order valence-electron chi connectivity index (χ4n) is 2.79. The quantitative estimate of drug-likeness (QED) is 0.399. The van der Waals surface area contributed by atoms with Gasteiger partial charge in [0.15, 0.2) is 12.3 Å². The highest BCUT2D eigenvalue weighted by molar-refractivity contribution is 7.92. The lowest BCUT2D eigenvalue weighted by atomic mass is 10.3. The molecule has 166 valence electrons. The Morgan fingerprint density at radius 2 is 1.61 bits per heavy atom. The van der Waals surface area contributed by atoms with Crippen LogP contribution in [0.15, 0.2) is 84.0 Å². The summed E-state index contributed by atoms with van der Waals surface area (Å²) in [5.74, 6) is -1.20. The summed E-state index contributed by atoms with van der Waals surface area (Å²) in [6, 6.07) is 17.4. The van der Waals surface area contributed by atoms with Crippen LogP contribution in [0.1, 0.15) is 10.5 Å². The molecule has 0 fully saturated rings. The third-order valence-electron chi connectivity index (χ3n) is 4.34. The van der Waals surface area contributed by atoms with Crippen molar-refractivity contribution in [3.05, 3.63) is 84.8 Å². The van der Waals surface area contributed by atoms with Gasteiger partial charge in [0.05, 0.1) is 22.1 Å².